The maximum atomic E-state index is 13.2. The zero-order chi connectivity index (χ0) is 22.9. The molecule has 0 fully saturated rings. The Kier molecular flexibility index (Phi) is 5.70. The first-order valence-corrected chi connectivity index (χ1v) is 10.1. The van der Waals surface area contributed by atoms with Crippen LogP contribution in [0.15, 0.2) is 54.6 Å². The number of rotatable bonds is 5. The van der Waals surface area contributed by atoms with E-state index < -0.39 is 17.6 Å². The number of benzene rings is 3. The lowest BCUT2D eigenvalue weighted by atomic mass is 10.0. The van der Waals surface area contributed by atoms with Gasteiger partial charge in [-0.1, -0.05) is 41.7 Å². The van der Waals surface area contributed by atoms with E-state index in [1.807, 2.05) is 0 Å². The van der Waals surface area contributed by atoms with Crippen LogP contribution in [0.3, 0.4) is 0 Å². The van der Waals surface area contributed by atoms with E-state index in [2.05, 4.69) is 15.5 Å². The van der Waals surface area contributed by atoms with Crippen LogP contribution in [-0.2, 0) is 6.18 Å². The zero-order valence-electron chi connectivity index (χ0n) is 16.9. The Balaban J connectivity index is 1.68. The second-order valence-electron chi connectivity index (χ2n) is 6.64. The normalized spacial score (nSPS) is 11.4. The van der Waals surface area contributed by atoms with E-state index in [-0.39, 0.29) is 10.7 Å². The van der Waals surface area contributed by atoms with Crippen LogP contribution < -0.4 is 14.8 Å². The SMILES string of the molecule is COc1cccc(OC)c1C(=O)Nc1nnc(-c2cccc3ccc(C(F)(F)F)cc23)s1. The van der Waals surface area contributed by atoms with Gasteiger partial charge in [-0.3, -0.25) is 10.1 Å². The van der Waals surface area contributed by atoms with Crippen molar-refractivity contribution in [2.45, 2.75) is 6.18 Å². The standard InChI is InChI=1S/C22H16F3N3O3S/c1-30-16-7-4-8-17(31-2)18(16)19(29)26-21-28-27-20(32-21)14-6-3-5-12-9-10-13(11-15(12)14)22(23,24)25/h3-11H,1-2H3,(H,26,28,29). The van der Waals surface area contributed by atoms with E-state index in [1.165, 1.54) is 20.3 Å². The first-order valence-electron chi connectivity index (χ1n) is 9.28. The van der Waals surface area contributed by atoms with Crippen molar-refractivity contribution in [2.24, 2.45) is 0 Å². The van der Waals surface area contributed by atoms with E-state index >= 15 is 0 Å². The molecule has 0 aliphatic carbocycles. The van der Waals surface area contributed by atoms with E-state index in [1.54, 1.807) is 36.4 Å². The van der Waals surface area contributed by atoms with Crippen LogP contribution in [-0.4, -0.2) is 30.3 Å². The zero-order valence-corrected chi connectivity index (χ0v) is 17.7. The highest BCUT2D eigenvalue weighted by molar-refractivity contribution is 7.18. The average molecular weight is 459 g/mol. The van der Waals surface area contributed by atoms with Crippen LogP contribution >= 0.6 is 11.3 Å². The summed E-state index contributed by atoms with van der Waals surface area (Å²) in [6.45, 7) is 0. The fourth-order valence-electron chi connectivity index (χ4n) is 3.25. The quantitative estimate of drug-likeness (QED) is 0.418. The topological polar surface area (TPSA) is 73.3 Å². The summed E-state index contributed by atoms with van der Waals surface area (Å²) in [6.07, 6.45) is -4.46. The first kappa shape index (κ1) is 21.6. The van der Waals surface area contributed by atoms with Gasteiger partial charge in [0.2, 0.25) is 5.13 Å². The minimum absolute atomic E-state index is 0.182. The van der Waals surface area contributed by atoms with Gasteiger partial charge in [0.15, 0.2) is 0 Å². The molecule has 0 saturated carbocycles. The number of hydrogen-bond donors (Lipinski definition) is 1. The molecule has 1 amide bonds. The summed E-state index contributed by atoms with van der Waals surface area (Å²) in [4.78, 5) is 12.8. The fourth-order valence-corrected chi connectivity index (χ4v) is 4.03. The van der Waals surface area contributed by atoms with Gasteiger partial charge in [0.05, 0.1) is 19.8 Å². The Morgan fingerprint density at radius 2 is 1.66 bits per heavy atom. The molecule has 0 bridgehead atoms. The Labute approximate surface area is 184 Å². The number of carbonyl (C=O) groups is 1. The fraction of sp³-hybridized carbons (Fsp3) is 0.136. The third-order valence-electron chi connectivity index (χ3n) is 4.74. The molecule has 1 heterocycles. The van der Waals surface area contributed by atoms with Gasteiger partial charge < -0.3 is 9.47 Å². The molecule has 0 atom stereocenters. The maximum absolute atomic E-state index is 13.2. The molecule has 164 valence electrons. The number of halogens is 3. The summed E-state index contributed by atoms with van der Waals surface area (Å²) in [5.74, 6) is 0.125. The average Bonchev–Trinajstić information content (AvgIpc) is 3.25. The molecule has 1 N–H and O–H groups in total. The lowest BCUT2D eigenvalue weighted by Crippen LogP contribution is -2.14. The molecule has 4 aromatic rings. The number of carbonyl (C=O) groups excluding carboxylic acids is 1. The number of ether oxygens (including phenoxy) is 2. The van der Waals surface area contributed by atoms with Crippen LogP contribution in [0.2, 0.25) is 0 Å². The highest BCUT2D eigenvalue weighted by Crippen LogP contribution is 2.37. The van der Waals surface area contributed by atoms with E-state index in [0.717, 1.165) is 23.5 Å². The van der Waals surface area contributed by atoms with Gasteiger partial charge in [-0.05, 0) is 35.0 Å². The van der Waals surface area contributed by atoms with Gasteiger partial charge in [-0.25, -0.2) is 0 Å². The van der Waals surface area contributed by atoms with Gasteiger partial charge >= 0.3 is 6.18 Å². The van der Waals surface area contributed by atoms with Crippen LogP contribution in [0.4, 0.5) is 18.3 Å². The second-order valence-corrected chi connectivity index (χ2v) is 7.62. The van der Waals surface area contributed by atoms with Crippen LogP contribution in [0, 0.1) is 0 Å². The maximum Gasteiger partial charge on any atom is 0.416 e. The molecule has 10 heteroatoms. The van der Waals surface area contributed by atoms with Crippen molar-refractivity contribution in [1.82, 2.24) is 10.2 Å². The van der Waals surface area contributed by atoms with E-state index in [9.17, 15) is 18.0 Å². The molecule has 1 aromatic heterocycles. The minimum Gasteiger partial charge on any atom is -0.496 e. The number of methoxy groups -OCH3 is 2. The summed E-state index contributed by atoms with van der Waals surface area (Å²) in [5, 5.41) is 12.3. The molecule has 0 unspecified atom stereocenters. The molecule has 0 spiro atoms. The summed E-state index contributed by atoms with van der Waals surface area (Å²) in [5.41, 5.74) is -0.0746. The molecular weight excluding hydrogens is 443 g/mol. The summed E-state index contributed by atoms with van der Waals surface area (Å²) >= 11 is 1.05. The van der Waals surface area contributed by atoms with Crippen LogP contribution in [0.5, 0.6) is 11.5 Å². The number of amides is 1. The monoisotopic (exact) mass is 459 g/mol. The number of nitrogens with zero attached hydrogens (tertiary/aromatic N) is 2. The molecular formula is C22H16F3N3O3S. The van der Waals surface area contributed by atoms with Crippen molar-refractivity contribution in [3.8, 4) is 22.1 Å². The number of hydrogen-bond acceptors (Lipinski definition) is 6. The Morgan fingerprint density at radius 3 is 2.31 bits per heavy atom. The van der Waals surface area contributed by atoms with Gasteiger partial charge in [-0.15, -0.1) is 10.2 Å². The Hall–Kier alpha value is -3.66. The number of aromatic nitrogens is 2. The molecule has 0 aliphatic rings. The third kappa shape index (κ3) is 4.09. The second kappa shape index (κ2) is 8.46. The minimum atomic E-state index is -4.46. The van der Waals surface area contributed by atoms with Crippen molar-refractivity contribution in [1.29, 1.82) is 0 Å². The Morgan fingerprint density at radius 1 is 0.969 bits per heavy atom. The van der Waals surface area contributed by atoms with E-state index in [0.29, 0.717) is 32.8 Å². The molecule has 6 nitrogen and oxygen atoms in total. The first-order chi connectivity index (χ1) is 15.3. The van der Waals surface area contributed by atoms with Gasteiger partial charge in [0.1, 0.15) is 22.1 Å². The summed E-state index contributed by atoms with van der Waals surface area (Å²) in [6, 6.07) is 13.6. The van der Waals surface area contributed by atoms with Gasteiger partial charge in [0, 0.05) is 5.56 Å². The number of anilines is 1. The van der Waals surface area contributed by atoms with Gasteiger partial charge in [0.25, 0.3) is 5.91 Å². The largest absolute Gasteiger partial charge is 0.496 e. The highest BCUT2D eigenvalue weighted by atomic mass is 32.1. The molecule has 4 rings (SSSR count). The van der Waals surface area contributed by atoms with Crippen molar-refractivity contribution < 1.29 is 27.4 Å². The third-order valence-corrected chi connectivity index (χ3v) is 5.61. The van der Waals surface area contributed by atoms with Crippen LogP contribution in [0.25, 0.3) is 21.3 Å². The number of fused-ring (bicyclic) bond motifs is 1. The van der Waals surface area contributed by atoms with Crippen molar-refractivity contribution in [3.05, 3.63) is 65.7 Å². The van der Waals surface area contributed by atoms with Gasteiger partial charge in [-0.2, -0.15) is 13.2 Å². The number of nitrogens with one attached hydrogen (secondary N) is 1. The van der Waals surface area contributed by atoms with E-state index in [4.69, 9.17) is 9.47 Å². The summed E-state index contributed by atoms with van der Waals surface area (Å²) in [7, 11) is 2.87. The molecule has 0 radical (unpaired) electrons. The number of alkyl halides is 3. The van der Waals surface area contributed by atoms with Crippen molar-refractivity contribution >= 4 is 33.1 Å². The summed E-state index contributed by atoms with van der Waals surface area (Å²) < 4.78 is 50.1. The lowest BCUT2D eigenvalue weighted by molar-refractivity contribution is -0.137. The molecule has 32 heavy (non-hydrogen) atoms. The van der Waals surface area contributed by atoms with Crippen molar-refractivity contribution in [2.75, 3.05) is 19.5 Å². The lowest BCUT2D eigenvalue weighted by Gasteiger charge is -2.11. The molecule has 3 aromatic carbocycles. The molecule has 0 saturated heterocycles. The smallest absolute Gasteiger partial charge is 0.416 e. The van der Waals surface area contributed by atoms with Crippen LogP contribution in [0.1, 0.15) is 15.9 Å². The Bertz CT molecular complexity index is 1280. The predicted molar refractivity (Wildman–Crippen MR) is 115 cm³/mol. The van der Waals surface area contributed by atoms with Crippen molar-refractivity contribution in [3.63, 3.8) is 0 Å². The molecule has 0 aliphatic heterocycles. The highest BCUT2D eigenvalue weighted by Gasteiger charge is 2.30. The predicted octanol–water partition coefficient (Wildman–Crippen LogP) is 5.65.